The van der Waals surface area contributed by atoms with Crippen LogP contribution in [0.4, 0.5) is 4.39 Å². The van der Waals surface area contributed by atoms with Gasteiger partial charge in [-0.15, -0.1) is 11.3 Å². The number of benzene rings is 1. The van der Waals surface area contributed by atoms with Gasteiger partial charge in [-0.05, 0) is 56.9 Å². The average Bonchev–Trinajstić information content (AvgIpc) is 3.16. The highest BCUT2D eigenvalue weighted by molar-refractivity contribution is 7.11. The van der Waals surface area contributed by atoms with Gasteiger partial charge in [0.2, 0.25) is 0 Å². The molecule has 2 aromatic rings. The van der Waals surface area contributed by atoms with Crippen LogP contribution in [0.3, 0.4) is 0 Å². The first-order chi connectivity index (χ1) is 9.54. The molecule has 1 heterocycles. The van der Waals surface area contributed by atoms with Crippen LogP contribution >= 0.6 is 11.3 Å². The summed E-state index contributed by atoms with van der Waals surface area (Å²) in [7, 11) is 0. The van der Waals surface area contributed by atoms with Crippen LogP contribution < -0.4 is 5.32 Å². The molecule has 1 saturated carbocycles. The number of halogens is 1. The molecule has 1 aromatic heterocycles. The Labute approximate surface area is 123 Å². The van der Waals surface area contributed by atoms with Crippen molar-refractivity contribution in [2.75, 3.05) is 0 Å². The number of nitrogens with one attached hydrogen (secondary N) is 1. The summed E-state index contributed by atoms with van der Waals surface area (Å²) in [5, 5.41) is 4.66. The Morgan fingerprint density at radius 3 is 2.65 bits per heavy atom. The van der Waals surface area contributed by atoms with Gasteiger partial charge in [0.25, 0.3) is 0 Å². The zero-order chi connectivity index (χ0) is 14.3. The van der Waals surface area contributed by atoms with Crippen molar-refractivity contribution in [1.29, 1.82) is 0 Å². The predicted molar refractivity (Wildman–Crippen MR) is 80.7 cm³/mol. The quantitative estimate of drug-likeness (QED) is 0.919. The van der Waals surface area contributed by atoms with E-state index in [1.54, 1.807) is 17.4 Å². The molecule has 0 radical (unpaired) electrons. The molecule has 1 aliphatic carbocycles. The van der Waals surface area contributed by atoms with Crippen LogP contribution in [-0.4, -0.2) is 11.0 Å². The second-order valence-electron chi connectivity index (χ2n) is 5.57. The Balaban J connectivity index is 2.02. The van der Waals surface area contributed by atoms with Crippen LogP contribution in [-0.2, 0) is 0 Å². The van der Waals surface area contributed by atoms with Crippen LogP contribution in [0.5, 0.6) is 0 Å². The molecule has 0 aliphatic heterocycles. The van der Waals surface area contributed by atoms with Crippen LogP contribution in [0, 0.1) is 26.6 Å². The number of thiazole rings is 1. The predicted octanol–water partition coefficient (Wildman–Crippen LogP) is 4.05. The third kappa shape index (κ3) is 2.76. The van der Waals surface area contributed by atoms with Gasteiger partial charge >= 0.3 is 0 Å². The maximum atomic E-state index is 13.6. The first-order valence-electron chi connectivity index (χ1n) is 7.00. The van der Waals surface area contributed by atoms with E-state index in [1.807, 2.05) is 19.9 Å². The lowest BCUT2D eigenvalue weighted by Gasteiger charge is -2.19. The monoisotopic (exact) mass is 290 g/mol. The fourth-order valence-corrected chi connectivity index (χ4v) is 3.33. The number of hydrogen-bond acceptors (Lipinski definition) is 3. The minimum Gasteiger partial charge on any atom is -0.301 e. The molecule has 0 bridgehead atoms. The van der Waals surface area contributed by atoms with Crippen LogP contribution in [0.25, 0.3) is 0 Å². The van der Waals surface area contributed by atoms with E-state index in [9.17, 15) is 4.39 Å². The molecule has 0 spiro atoms. The Morgan fingerprint density at radius 2 is 2.05 bits per heavy atom. The minimum absolute atomic E-state index is 0.00981. The van der Waals surface area contributed by atoms with Crippen LogP contribution in [0.15, 0.2) is 18.2 Å². The van der Waals surface area contributed by atoms with Crippen molar-refractivity contribution >= 4 is 11.3 Å². The lowest BCUT2D eigenvalue weighted by atomic mass is 10.0. The molecule has 1 N–H and O–H groups in total. The first kappa shape index (κ1) is 13.7. The molecule has 2 nitrogen and oxygen atoms in total. The highest BCUT2D eigenvalue weighted by atomic mass is 32.1. The Kier molecular flexibility index (Phi) is 3.61. The normalized spacial score (nSPS) is 16.4. The molecule has 1 aromatic carbocycles. The Bertz CT molecular complexity index is 612. The zero-order valence-electron chi connectivity index (χ0n) is 12.0. The van der Waals surface area contributed by atoms with E-state index < -0.39 is 0 Å². The molecular weight excluding hydrogens is 271 g/mol. The maximum absolute atomic E-state index is 13.6. The summed E-state index contributed by atoms with van der Waals surface area (Å²) in [5.41, 5.74) is 3.18. The third-order valence-corrected chi connectivity index (χ3v) is 4.96. The number of hydrogen-bond donors (Lipinski definition) is 1. The molecule has 4 heteroatoms. The van der Waals surface area contributed by atoms with Crippen molar-refractivity contribution in [2.24, 2.45) is 0 Å². The third-order valence-electron chi connectivity index (χ3n) is 3.82. The summed E-state index contributed by atoms with van der Waals surface area (Å²) in [6.07, 6.45) is 2.41. The Morgan fingerprint density at radius 1 is 1.30 bits per heavy atom. The second-order valence-corrected chi connectivity index (χ2v) is 6.80. The van der Waals surface area contributed by atoms with Crippen LogP contribution in [0.2, 0.25) is 0 Å². The van der Waals surface area contributed by atoms with E-state index in [2.05, 4.69) is 17.2 Å². The van der Waals surface area contributed by atoms with Gasteiger partial charge in [0.05, 0.1) is 11.7 Å². The lowest BCUT2D eigenvalue weighted by molar-refractivity contribution is 0.581. The fourth-order valence-electron chi connectivity index (χ4n) is 2.32. The average molecular weight is 290 g/mol. The van der Waals surface area contributed by atoms with E-state index in [4.69, 9.17) is 0 Å². The number of rotatable bonds is 4. The molecule has 1 fully saturated rings. The van der Waals surface area contributed by atoms with E-state index >= 15 is 0 Å². The molecule has 0 saturated heterocycles. The van der Waals surface area contributed by atoms with Gasteiger partial charge in [0.15, 0.2) is 0 Å². The van der Waals surface area contributed by atoms with Crippen molar-refractivity contribution in [1.82, 2.24) is 10.3 Å². The maximum Gasteiger partial charge on any atom is 0.123 e. The van der Waals surface area contributed by atoms with Crippen molar-refractivity contribution in [3.63, 3.8) is 0 Å². The van der Waals surface area contributed by atoms with Gasteiger partial charge in [-0.3, -0.25) is 0 Å². The fraction of sp³-hybridized carbons (Fsp3) is 0.438. The van der Waals surface area contributed by atoms with E-state index in [-0.39, 0.29) is 11.9 Å². The Hall–Kier alpha value is -1.26. The standard InChI is InChI=1S/C16H19FN2S/c1-9-4-5-12(17)8-14(9)15(19-13-6-7-13)16-18-10(2)11(3)20-16/h4-5,8,13,15,19H,6-7H2,1-3H3. The van der Waals surface area contributed by atoms with Crippen LogP contribution in [0.1, 0.15) is 45.6 Å². The summed E-state index contributed by atoms with van der Waals surface area (Å²) in [5.74, 6) is -0.182. The number of aromatic nitrogens is 1. The van der Waals surface area contributed by atoms with Crippen molar-refractivity contribution < 1.29 is 4.39 Å². The van der Waals surface area contributed by atoms with Gasteiger partial charge in [-0.2, -0.15) is 0 Å². The van der Waals surface area contributed by atoms with Gasteiger partial charge < -0.3 is 5.32 Å². The smallest absolute Gasteiger partial charge is 0.123 e. The molecule has 1 atom stereocenters. The zero-order valence-corrected chi connectivity index (χ0v) is 12.9. The van der Waals surface area contributed by atoms with Crippen molar-refractivity contribution in [3.05, 3.63) is 50.7 Å². The molecule has 3 rings (SSSR count). The number of nitrogens with zero attached hydrogens (tertiary/aromatic N) is 1. The van der Waals surface area contributed by atoms with E-state index in [0.29, 0.717) is 6.04 Å². The first-order valence-corrected chi connectivity index (χ1v) is 7.82. The SMILES string of the molecule is Cc1ccc(F)cc1C(NC1CC1)c1nc(C)c(C)s1. The van der Waals surface area contributed by atoms with E-state index in [0.717, 1.165) is 21.8 Å². The minimum atomic E-state index is -0.182. The summed E-state index contributed by atoms with van der Waals surface area (Å²) in [6, 6.07) is 5.56. The topological polar surface area (TPSA) is 24.9 Å². The molecule has 0 amide bonds. The van der Waals surface area contributed by atoms with E-state index in [1.165, 1.54) is 23.8 Å². The van der Waals surface area contributed by atoms with Crippen molar-refractivity contribution in [2.45, 2.75) is 45.7 Å². The summed E-state index contributed by atoms with van der Waals surface area (Å²) in [6.45, 7) is 6.15. The summed E-state index contributed by atoms with van der Waals surface area (Å²) < 4.78 is 13.6. The highest BCUT2D eigenvalue weighted by Crippen LogP contribution is 2.33. The van der Waals surface area contributed by atoms with Crippen molar-refractivity contribution in [3.8, 4) is 0 Å². The van der Waals surface area contributed by atoms with Gasteiger partial charge in [-0.25, -0.2) is 9.37 Å². The van der Waals surface area contributed by atoms with Gasteiger partial charge in [0.1, 0.15) is 10.8 Å². The van der Waals surface area contributed by atoms with Gasteiger partial charge in [0, 0.05) is 10.9 Å². The molecule has 1 unspecified atom stereocenters. The molecule has 106 valence electrons. The largest absolute Gasteiger partial charge is 0.301 e. The highest BCUT2D eigenvalue weighted by Gasteiger charge is 2.29. The lowest BCUT2D eigenvalue weighted by Crippen LogP contribution is -2.25. The second kappa shape index (κ2) is 5.26. The molecule has 20 heavy (non-hydrogen) atoms. The summed E-state index contributed by atoms with van der Waals surface area (Å²) in [4.78, 5) is 5.91. The number of aryl methyl sites for hydroxylation is 3. The molecular formula is C16H19FN2S. The summed E-state index contributed by atoms with van der Waals surface area (Å²) >= 11 is 1.71. The van der Waals surface area contributed by atoms with Gasteiger partial charge in [-0.1, -0.05) is 6.07 Å². The molecule has 1 aliphatic rings.